The van der Waals surface area contributed by atoms with Gasteiger partial charge in [-0.2, -0.15) is 0 Å². The number of hydrogen-bond acceptors (Lipinski definition) is 4. The van der Waals surface area contributed by atoms with Gasteiger partial charge in [0.05, 0.1) is 14.2 Å². The third-order valence-corrected chi connectivity index (χ3v) is 3.38. The van der Waals surface area contributed by atoms with Crippen LogP contribution in [0.3, 0.4) is 0 Å². The third-order valence-electron chi connectivity index (χ3n) is 3.38. The summed E-state index contributed by atoms with van der Waals surface area (Å²) < 4.78 is 15.5. The van der Waals surface area contributed by atoms with Crippen molar-refractivity contribution >= 4 is 11.0 Å². The van der Waals surface area contributed by atoms with E-state index in [4.69, 9.17) is 13.9 Å². The summed E-state index contributed by atoms with van der Waals surface area (Å²) in [4.78, 5) is 11.7. The molecule has 0 radical (unpaired) electrons. The van der Waals surface area contributed by atoms with Crippen molar-refractivity contribution in [3.63, 3.8) is 0 Å². The fraction of sp³-hybridized carbons (Fsp3) is 0.105. The van der Waals surface area contributed by atoms with Crippen molar-refractivity contribution in [1.29, 1.82) is 0 Å². The average Bonchev–Trinajstić information content (AvgIpc) is 2.59. The Labute approximate surface area is 133 Å². The smallest absolute Gasteiger partial charge is 0.337 e. The van der Waals surface area contributed by atoms with Crippen molar-refractivity contribution in [3.05, 3.63) is 70.1 Å². The van der Waals surface area contributed by atoms with E-state index in [0.717, 1.165) is 16.7 Å². The summed E-state index contributed by atoms with van der Waals surface area (Å²) in [5.41, 5.74) is 1.47. The van der Waals surface area contributed by atoms with Gasteiger partial charge < -0.3 is 13.9 Å². The lowest BCUT2D eigenvalue weighted by Crippen LogP contribution is -1.98. The minimum absolute atomic E-state index is 0.440. The fourth-order valence-corrected chi connectivity index (χ4v) is 2.19. The van der Waals surface area contributed by atoms with E-state index in [1.54, 1.807) is 26.4 Å². The number of benzene rings is 2. The molecule has 0 aliphatic carbocycles. The Morgan fingerprint density at radius 1 is 0.870 bits per heavy atom. The molecule has 23 heavy (non-hydrogen) atoms. The maximum Gasteiger partial charge on any atom is 0.337 e. The monoisotopic (exact) mass is 306 g/mol. The van der Waals surface area contributed by atoms with Crippen LogP contribution in [0.5, 0.6) is 11.5 Å². The van der Waals surface area contributed by atoms with Crippen LogP contribution in [0.15, 0.2) is 57.7 Å². The van der Waals surface area contributed by atoms with Crippen LogP contribution in [0.25, 0.3) is 11.0 Å². The van der Waals surface area contributed by atoms with Crippen LogP contribution in [-0.2, 0) is 0 Å². The Morgan fingerprint density at radius 3 is 2.26 bits per heavy atom. The molecule has 0 amide bonds. The third kappa shape index (κ3) is 3.19. The molecule has 3 rings (SSSR count). The molecule has 2 aromatic carbocycles. The van der Waals surface area contributed by atoms with E-state index in [1.165, 1.54) is 6.07 Å². The van der Waals surface area contributed by atoms with Crippen LogP contribution < -0.4 is 15.1 Å². The van der Waals surface area contributed by atoms with Gasteiger partial charge in [0.15, 0.2) is 0 Å². The van der Waals surface area contributed by atoms with E-state index in [1.807, 2.05) is 30.3 Å². The molecule has 0 N–H and O–H groups in total. The van der Waals surface area contributed by atoms with E-state index in [9.17, 15) is 4.79 Å². The molecular formula is C19H14O4. The van der Waals surface area contributed by atoms with Crippen molar-refractivity contribution in [2.24, 2.45) is 0 Å². The zero-order valence-electron chi connectivity index (χ0n) is 12.8. The molecule has 0 aliphatic rings. The SMILES string of the molecule is COc1ccc(C#Cc2cc(=O)oc3cc(OC)ccc23)cc1. The minimum atomic E-state index is -0.440. The van der Waals surface area contributed by atoms with Gasteiger partial charge in [0.2, 0.25) is 0 Å². The highest BCUT2D eigenvalue weighted by Gasteiger charge is 2.05. The molecule has 4 nitrogen and oxygen atoms in total. The van der Waals surface area contributed by atoms with E-state index in [-0.39, 0.29) is 0 Å². The highest BCUT2D eigenvalue weighted by atomic mass is 16.5. The van der Waals surface area contributed by atoms with Gasteiger partial charge in [0, 0.05) is 28.6 Å². The van der Waals surface area contributed by atoms with E-state index < -0.39 is 5.63 Å². The second-order valence-electron chi connectivity index (χ2n) is 4.82. The summed E-state index contributed by atoms with van der Waals surface area (Å²) in [6.07, 6.45) is 0. The van der Waals surface area contributed by atoms with Crippen LogP contribution in [0.4, 0.5) is 0 Å². The lowest BCUT2D eigenvalue weighted by Gasteiger charge is -2.02. The molecule has 0 atom stereocenters. The van der Waals surface area contributed by atoms with Gasteiger partial charge in [-0.25, -0.2) is 4.79 Å². The van der Waals surface area contributed by atoms with E-state index in [2.05, 4.69) is 11.8 Å². The number of rotatable bonds is 2. The molecule has 0 fully saturated rings. The van der Waals surface area contributed by atoms with Crippen molar-refractivity contribution < 1.29 is 13.9 Å². The fourth-order valence-electron chi connectivity index (χ4n) is 2.19. The Morgan fingerprint density at radius 2 is 1.57 bits per heavy atom. The normalized spacial score (nSPS) is 10.0. The Balaban J connectivity index is 2.06. The van der Waals surface area contributed by atoms with Crippen LogP contribution in [-0.4, -0.2) is 14.2 Å². The van der Waals surface area contributed by atoms with Gasteiger partial charge in [-0.1, -0.05) is 11.8 Å². The standard InChI is InChI=1S/C19H14O4/c1-21-15-7-4-13(5-8-15)3-6-14-11-19(20)23-18-12-16(22-2)9-10-17(14)18/h4-5,7-12H,1-2H3. The molecule has 114 valence electrons. The largest absolute Gasteiger partial charge is 0.497 e. The summed E-state index contributed by atoms with van der Waals surface area (Å²) in [7, 11) is 3.18. The molecule has 0 saturated carbocycles. The first kappa shape index (κ1) is 14.7. The summed E-state index contributed by atoms with van der Waals surface area (Å²) in [6.45, 7) is 0. The van der Waals surface area contributed by atoms with Gasteiger partial charge in [-0.05, 0) is 36.4 Å². The summed E-state index contributed by atoms with van der Waals surface area (Å²) >= 11 is 0. The van der Waals surface area contributed by atoms with Crippen LogP contribution in [0.2, 0.25) is 0 Å². The van der Waals surface area contributed by atoms with Crippen LogP contribution >= 0.6 is 0 Å². The van der Waals surface area contributed by atoms with Crippen molar-refractivity contribution in [1.82, 2.24) is 0 Å². The zero-order valence-corrected chi connectivity index (χ0v) is 12.8. The average molecular weight is 306 g/mol. The topological polar surface area (TPSA) is 48.7 Å². The highest BCUT2D eigenvalue weighted by molar-refractivity contribution is 5.84. The van der Waals surface area contributed by atoms with Gasteiger partial charge in [-0.15, -0.1) is 0 Å². The van der Waals surface area contributed by atoms with Gasteiger partial charge in [0.1, 0.15) is 17.1 Å². The minimum Gasteiger partial charge on any atom is -0.497 e. The van der Waals surface area contributed by atoms with Crippen molar-refractivity contribution in [2.45, 2.75) is 0 Å². The molecule has 4 heteroatoms. The van der Waals surface area contributed by atoms with E-state index >= 15 is 0 Å². The number of fused-ring (bicyclic) bond motifs is 1. The summed E-state index contributed by atoms with van der Waals surface area (Å²) in [5.74, 6) is 7.47. The Hall–Kier alpha value is -3.19. The molecule has 3 aromatic rings. The van der Waals surface area contributed by atoms with Crippen molar-refractivity contribution in [2.75, 3.05) is 14.2 Å². The molecular weight excluding hydrogens is 292 g/mol. The first-order valence-corrected chi connectivity index (χ1v) is 6.97. The lowest BCUT2D eigenvalue weighted by atomic mass is 10.1. The maximum atomic E-state index is 11.7. The number of ether oxygens (including phenoxy) is 2. The van der Waals surface area contributed by atoms with Crippen LogP contribution in [0.1, 0.15) is 11.1 Å². The predicted molar refractivity (Wildman–Crippen MR) is 88.0 cm³/mol. The molecule has 1 aromatic heterocycles. The molecule has 0 aliphatic heterocycles. The molecule has 0 spiro atoms. The molecule has 0 unspecified atom stereocenters. The second-order valence-corrected chi connectivity index (χ2v) is 4.82. The summed E-state index contributed by atoms with van der Waals surface area (Å²) in [5, 5.41) is 0.770. The van der Waals surface area contributed by atoms with Gasteiger partial charge in [0.25, 0.3) is 0 Å². The summed E-state index contributed by atoms with van der Waals surface area (Å²) in [6, 6.07) is 14.1. The second kappa shape index (κ2) is 6.29. The first-order chi connectivity index (χ1) is 11.2. The Kier molecular flexibility index (Phi) is 4.03. The number of methoxy groups -OCH3 is 2. The molecule has 0 saturated heterocycles. The van der Waals surface area contributed by atoms with Crippen LogP contribution in [0, 0.1) is 11.8 Å². The van der Waals surface area contributed by atoms with Gasteiger partial charge >= 0.3 is 5.63 Å². The lowest BCUT2D eigenvalue weighted by molar-refractivity contribution is 0.414. The number of hydrogen-bond donors (Lipinski definition) is 0. The van der Waals surface area contributed by atoms with E-state index in [0.29, 0.717) is 16.9 Å². The van der Waals surface area contributed by atoms with Gasteiger partial charge in [-0.3, -0.25) is 0 Å². The molecule has 1 heterocycles. The predicted octanol–water partition coefficient (Wildman–Crippen LogP) is 3.21. The highest BCUT2D eigenvalue weighted by Crippen LogP contribution is 2.22. The zero-order chi connectivity index (χ0) is 16.2. The molecule has 0 bridgehead atoms. The first-order valence-electron chi connectivity index (χ1n) is 6.97. The maximum absolute atomic E-state index is 11.7. The Bertz CT molecular complexity index is 957. The van der Waals surface area contributed by atoms with Crippen molar-refractivity contribution in [3.8, 4) is 23.3 Å². The quantitative estimate of drug-likeness (QED) is 0.539.